The summed E-state index contributed by atoms with van der Waals surface area (Å²) >= 11 is 0. The van der Waals surface area contributed by atoms with Crippen LogP contribution in [0.25, 0.3) is 0 Å². The van der Waals surface area contributed by atoms with E-state index in [1.807, 2.05) is 0 Å². The molecule has 1 aliphatic rings. The number of nitrogens with one attached hydrogen (secondary N) is 2. The van der Waals surface area contributed by atoms with E-state index in [-0.39, 0.29) is 11.9 Å². The molecule has 14 heavy (non-hydrogen) atoms. The molecule has 1 saturated heterocycles. The van der Waals surface area contributed by atoms with Crippen LogP contribution in [0.2, 0.25) is 0 Å². The minimum absolute atomic E-state index is 0.119. The fourth-order valence-electron chi connectivity index (χ4n) is 1.36. The van der Waals surface area contributed by atoms with Crippen LogP contribution in [0.1, 0.15) is 6.42 Å². The third-order valence-corrected chi connectivity index (χ3v) is 2.89. The lowest BCUT2D eigenvalue weighted by Crippen LogP contribution is -2.41. The zero-order valence-corrected chi connectivity index (χ0v) is 8.97. The molecule has 0 saturated carbocycles. The van der Waals surface area contributed by atoms with Crippen LogP contribution in [0.5, 0.6) is 0 Å². The van der Waals surface area contributed by atoms with Crippen molar-refractivity contribution in [2.24, 2.45) is 0 Å². The van der Waals surface area contributed by atoms with E-state index in [2.05, 4.69) is 10.6 Å². The molecule has 0 spiro atoms. The molecule has 0 radical (unpaired) electrons. The monoisotopic (exact) mass is 220 g/mol. The van der Waals surface area contributed by atoms with E-state index < -0.39 is 16.9 Å². The van der Waals surface area contributed by atoms with Gasteiger partial charge in [0.25, 0.3) is 0 Å². The van der Waals surface area contributed by atoms with E-state index in [0.717, 1.165) is 0 Å². The molecule has 6 heteroatoms. The first-order chi connectivity index (χ1) is 6.59. The van der Waals surface area contributed by atoms with Gasteiger partial charge >= 0.3 is 0 Å². The number of β-amino-alcohol motifs (C(OH)–C–C–N with tert-alkyl or cyclic N) is 1. The molecular formula is C8H16N2O3S. The molecule has 0 aromatic rings. The molecule has 5 nitrogen and oxygen atoms in total. The number of hydrogen-bond donors (Lipinski definition) is 3. The van der Waals surface area contributed by atoms with Crippen LogP contribution in [0, 0.1) is 0 Å². The molecule has 1 aliphatic heterocycles. The molecule has 1 rings (SSSR count). The van der Waals surface area contributed by atoms with Crippen molar-refractivity contribution in [3.05, 3.63) is 0 Å². The van der Waals surface area contributed by atoms with E-state index in [9.17, 15) is 14.1 Å². The molecular weight excluding hydrogens is 204 g/mol. The van der Waals surface area contributed by atoms with Crippen LogP contribution in [0.3, 0.4) is 0 Å². The summed E-state index contributed by atoms with van der Waals surface area (Å²) < 4.78 is 10.7. The largest absolute Gasteiger partial charge is 0.392 e. The number of hydrogen-bond acceptors (Lipinski definition) is 4. The lowest BCUT2D eigenvalue weighted by Gasteiger charge is -2.09. The maximum absolute atomic E-state index is 11.4. The number of aliphatic hydroxyl groups is 1. The second-order valence-electron chi connectivity index (χ2n) is 3.42. The van der Waals surface area contributed by atoms with Crippen molar-refractivity contribution in [1.29, 1.82) is 0 Å². The number of carbonyl (C=O) groups excluding carboxylic acids is 1. The van der Waals surface area contributed by atoms with Gasteiger partial charge in [-0.1, -0.05) is 0 Å². The van der Waals surface area contributed by atoms with Crippen LogP contribution in [-0.2, 0) is 15.6 Å². The molecule has 0 aromatic carbocycles. The maximum Gasteiger partial charge on any atom is 0.237 e. The van der Waals surface area contributed by atoms with Gasteiger partial charge in [-0.3, -0.25) is 9.00 Å². The molecule has 0 bridgehead atoms. The third-order valence-electron chi connectivity index (χ3n) is 2.11. The van der Waals surface area contributed by atoms with Crippen LogP contribution in [-0.4, -0.2) is 52.5 Å². The fourth-order valence-corrected chi connectivity index (χ4v) is 1.75. The summed E-state index contributed by atoms with van der Waals surface area (Å²) in [6, 6.07) is -0.296. The first-order valence-corrected chi connectivity index (χ1v) is 6.31. The average molecular weight is 220 g/mol. The number of aliphatic hydroxyl groups excluding tert-OH is 1. The summed E-state index contributed by atoms with van der Waals surface area (Å²) in [5.74, 6) is 0.355. The predicted molar refractivity (Wildman–Crippen MR) is 54.4 cm³/mol. The Morgan fingerprint density at radius 1 is 1.71 bits per heavy atom. The minimum atomic E-state index is -0.875. The second kappa shape index (κ2) is 5.43. The van der Waals surface area contributed by atoms with Crippen molar-refractivity contribution in [3.8, 4) is 0 Å². The molecule has 0 aromatic heterocycles. The van der Waals surface area contributed by atoms with Crippen LogP contribution < -0.4 is 10.6 Å². The Labute approximate surface area is 85.7 Å². The topological polar surface area (TPSA) is 78.4 Å². The van der Waals surface area contributed by atoms with Gasteiger partial charge in [0.05, 0.1) is 12.1 Å². The molecule has 3 N–H and O–H groups in total. The summed E-state index contributed by atoms with van der Waals surface area (Å²) in [5, 5.41) is 14.7. The van der Waals surface area contributed by atoms with E-state index in [1.54, 1.807) is 6.26 Å². The highest BCUT2D eigenvalue weighted by atomic mass is 32.2. The van der Waals surface area contributed by atoms with Gasteiger partial charge in [0.15, 0.2) is 0 Å². The summed E-state index contributed by atoms with van der Waals surface area (Å²) in [6.45, 7) is 0.897. The highest BCUT2D eigenvalue weighted by Crippen LogP contribution is 2.05. The van der Waals surface area contributed by atoms with Crippen molar-refractivity contribution >= 4 is 16.7 Å². The Morgan fingerprint density at radius 3 is 2.93 bits per heavy atom. The first-order valence-electron chi connectivity index (χ1n) is 4.59. The van der Waals surface area contributed by atoms with Crippen LogP contribution in [0.15, 0.2) is 0 Å². The van der Waals surface area contributed by atoms with Crippen molar-refractivity contribution in [3.63, 3.8) is 0 Å². The van der Waals surface area contributed by atoms with Crippen molar-refractivity contribution in [2.75, 3.05) is 25.1 Å². The average Bonchev–Trinajstić information content (AvgIpc) is 2.51. The van der Waals surface area contributed by atoms with E-state index >= 15 is 0 Å². The zero-order valence-electron chi connectivity index (χ0n) is 8.16. The van der Waals surface area contributed by atoms with Gasteiger partial charge < -0.3 is 15.7 Å². The van der Waals surface area contributed by atoms with Crippen LogP contribution >= 0.6 is 0 Å². The van der Waals surface area contributed by atoms with Gasteiger partial charge in [0.2, 0.25) is 5.91 Å². The van der Waals surface area contributed by atoms with Gasteiger partial charge in [0.1, 0.15) is 0 Å². The van der Waals surface area contributed by atoms with E-state index in [0.29, 0.717) is 25.3 Å². The maximum atomic E-state index is 11.4. The Kier molecular flexibility index (Phi) is 4.50. The minimum Gasteiger partial charge on any atom is -0.392 e. The van der Waals surface area contributed by atoms with Crippen molar-refractivity contribution < 1.29 is 14.1 Å². The van der Waals surface area contributed by atoms with Gasteiger partial charge in [-0.15, -0.1) is 0 Å². The Balaban J connectivity index is 2.18. The molecule has 3 atom stereocenters. The lowest BCUT2D eigenvalue weighted by atomic mass is 10.2. The molecule has 1 amide bonds. The standard InChI is InChI=1S/C8H16N2O3S/c1-14(13)3-2-9-8(12)7-4-6(11)5-10-7/h6-7,10-11H,2-5H2,1H3,(H,9,12). The molecule has 1 fully saturated rings. The fraction of sp³-hybridized carbons (Fsp3) is 0.875. The molecule has 0 aliphatic carbocycles. The molecule has 82 valence electrons. The smallest absolute Gasteiger partial charge is 0.237 e. The predicted octanol–water partition coefficient (Wildman–Crippen LogP) is -1.80. The number of carbonyl (C=O) groups is 1. The Morgan fingerprint density at radius 2 is 2.43 bits per heavy atom. The number of amides is 1. The SMILES string of the molecule is CS(=O)CCNC(=O)C1CC(O)CN1. The summed E-state index contributed by atoms with van der Waals surface area (Å²) in [7, 11) is -0.875. The van der Waals surface area contributed by atoms with Crippen molar-refractivity contribution in [1.82, 2.24) is 10.6 Å². The van der Waals surface area contributed by atoms with Crippen molar-refractivity contribution in [2.45, 2.75) is 18.6 Å². The Bertz CT molecular complexity index is 235. The van der Waals surface area contributed by atoms with Crippen LogP contribution in [0.4, 0.5) is 0 Å². The lowest BCUT2D eigenvalue weighted by molar-refractivity contribution is -0.122. The van der Waals surface area contributed by atoms with Gasteiger partial charge in [0, 0.05) is 35.9 Å². The second-order valence-corrected chi connectivity index (χ2v) is 4.97. The summed E-state index contributed by atoms with van der Waals surface area (Å²) in [6.07, 6.45) is 1.64. The molecule has 1 heterocycles. The Hall–Kier alpha value is -0.460. The highest BCUT2D eigenvalue weighted by molar-refractivity contribution is 7.84. The normalized spacial score (nSPS) is 28.7. The summed E-state index contributed by atoms with van der Waals surface area (Å²) in [5.41, 5.74) is 0. The van der Waals surface area contributed by atoms with Gasteiger partial charge in [-0.25, -0.2) is 0 Å². The van der Waals surface area contributed by atoms with Gasteiger partial charge in [-0.05, 0) is 6.42 Å². The number of rotatable bonds is 4. The highest BCUT2D eigenvalue weighted by Gasteiger charge is 2.27. The first kappa shape index (κ1) is 11.6. The summed E-state index contributed by atoms with van der Waals surface area (Å²) in [4.78, 5) is 11.4. The van der Waals surface area contributed by atoms with Gasteiger partial charge in [-0.2, -0.15) is 0 Å². The van der Waals surface area contributed by atoms with E-state index in [4.69, 9.17) is 0 Å². The third kappa shape index (κ3) is 3.73. The quantitative estimate of drug-likeness (QED) is 0.522. The van der Waals surface area contributed by atoms with E-state index in [1.165, 1.54) is 0 Å². The zero-order chi connectivity index (χ0) is 10.6. The molecule has 3 unspecified atom stereocenters.